The van der Waals surface area contributed by atoms with Crippen molar-refractivity contribution < 1.29 is 24.0 Å². The molecule has 0 aliphatic carbocycles. The summed E-state index contributed by atoms with van der Waals surface area (Å²) in [6.45, 7) is 5.62. The molecular formula is C31H41N5O5. The van der Waals surface area contributed by atoms with E-state index in [1.807, 2.05) is 86.5 Å². The van der Waals surface area contributed by atoms with Crippen molar-refractivity contribution in [3.8, 4) is 0 Å². The largest absolute Gasteiger partial charge is 0.346 e. The fourth-order valence-electron chi connectivity index (χ4n) is 5.52. The zero-order chi connectivity index (χ0) is 29.4. The fourth-order valence-corrected chi connectivity index (χ4v) is 5.52. The molecule has 2 aliphatic heterocycles. The third kappa shape index (κ3) is 7.92. The van der Waals surface area contributed by atoms with Crippen molar-refractivity contribution in [1.29, 1.82) is 0 Å². The van der Waals surface area contributed by atoms with E-state index in [1.165, 1.54) is 4.90 Å². The average Bonchev–Trinajstić information content (AvgIpc) is 3.19. The molecule has 2 saturated heterocycles. The Morgan fingerprint density at radius 1 is 0.927 bits per heavy atom. The van der Waals surface area contributed by atoms with E-state index in [0.29, 0.717) is 38.9 Å². The minimum atomic E-state index is -0.771. The summed E-state index contributed by atoms with van der Waals surface area (Å²) in [5, 5.41) is 0.838. The Morgan fingerprint density at radius 2 is 1.59 bits per heavy atom. The molecule has 4 rings (SSSR count). The number of carbonyl (C=O) groups is 4. The highest BCUT2D eigenvalue weighted by molar-refractivity contribution is 6.05. The normalized spacial score (nSPS) is 18.8. The number of hydrazine groups is 1. The van der Waals surface area contributed by atoms with E-state index in [4.69, 9.17) is 4.84 Å². The number of nitrogens with one attached hydrogen (secondary N) is 2. The van der Waals surface area contributed by atoms with Crippen molar-refractivity contribution in [2.24, 2.45) is 17.8 Å². The highest BCUT2D eigenvalue weighted by atomic mass is 16.6. The summed E-state index contributed by atoms with van der Waals surface area (Å²) in [4.78, 5) is 62.5. The average molecular weight is 564 g/mol. The number of aryl methyl sites for hydroxylation is 1. The van der Waals surface area contributed by atoms with E-state index in [1.54, 1.807) is 0 Å². The first-order valence-corrected chi connectivity index (χ1v) is 14.4. The van der Waals surface area contributed by atoms with Gasteiger partial charge in [-0.2, -0.15) is 5.01 Å². The van der Waals surface area contributed by atoms with Crippen molar-refractivity contribution in [2.45, 2.75) is 52.2 Å². The summed E-state index contributed by atoms with van der Waals surface area (Å²) in [7, 11) is 1.90. The number of fused-ring (bicyclic) bond motifs is 1. The van der Waals surface area contributed by atoms with Gasteiger partial charge in [-0.25, -0.2) is 10.3 Å². The Balaban J connectivity index is 1.48. The van der Waals surface area contributed by atoms with Crippen LogP contribution in [0.4, 0.5) is 4.79 Å². The summed E-state index contributed by atoms with van der Waals surface area (Å²) < 4.78 is 0. The van der Waals surface area contributed by atoms with Crippen LogP contribution in [0.25, 0.3) is 0 Å². The van der Waals surface area contributed by atoms with Gasteiger partial charge in [-0.05, 0) is 49.8 Å². The second kappa shape index (κ2) is 14.2. The van der Waals surface area contributed by atoms with Gasteiger partial charge in [0.15, 0.2) is 0 Å². The highest BCUT2D eigenvalue weighted by Crippen LogP contribution is 2.28. The number of amides is 5. The number of hydrogen-bond donors (Lipinski definition) is 2. The van der Waals surface area contributed by atoms with Crippen LogP contribution in [0.2, 0.25) is 0 Å². The molecule has 2 aliphatic rings. The van der Waals surface area contributed by atoms with Gasteiger partial charge in [-0.1, -0.05) is 74.5 Å². The zero-order valence-corrected chi connectivity index (χ0v) is 24.1. The highest BCUT2D eigenvalue weighted by Gasteiger charge is 2.49. The molecule has 5 amide bonds. The number of benzene rings is 2. The maximum absolute atomic E-state index is 13.8. The first kappa shape index (κ1) is 30.2. The summed E-state index contributed by atoms with van der Waals surface area (Å²) >= 11 is 0. The quantitative estimate of drug-likeness (QED) is 0.286. The van der Waals surface area contributed by atoms with Crippen LogP contribution in [0.1, 0.15) is 44.2 Å². The second-order valence-electron chi connectivity index (χ2n) is 11.4. The molecule has 0 radical (unpaired) electrons. The summed E-state index contributed by atoms with van der Waals surface area (Å²) in [5.74, 6) is -2.77. The number of likely N-dealkylation sites (N-methyl/N-ethyl adjacent to an activating group) is 1. The van der Waals surface area contributed by atoms with Crippen LogP contribution < -0.4 is 10.9 Å². The van der Waals surface area contributed by atoms with Gasteiger partial charge in [0, 0.05) is 19.6 Å². The number of imide groups is 1. The van der Waals surface area contributed by atoms with Gasteiger partial charge in [0.05, 0.1) is 18.4 Å². The van der Waals surface area contributed by atoms with E-state index in [2.05, 4.69) is 10.9 Å². The molecule has 0 bridgehead atoms. The first-order valence-electron chi connectivity index (χ1n) is 14.4. The van der Waals surface area contributed by atoms with Crippen molar-refractivity contribution in [1.82, 2.24) is 25.7 Å². The number of hydroxylamine groups is 1. The Labute approximate surface area is 241 Å². The third-order valence-electron chi connectivity index (χ3n) is 7.71. The Hall–Kier alpha value is -3.76. The molecule has 2 N–H and O–H groups in total. The third-order valence-corrected chi connectivity index (χ3v) is 7.71. The summed E-state index contributed by atoms with van der Waals surface area (Å²) in [5.41, 5.74) is 7.21. The van der Waals surface area contributed by atoms with E-state index in [-0.39, 0.29) is 12.5 Å². The lowest BCUT2D eigenvalue weighted by molar-refractivity contribution is -0.147. The van der Waals surface area contributed by atoms with Crippen molar-refractivity contribution >= 4 is 23.8 Å². The van der Waals surface area contributed by atoms with Crippen molar-refractivity contribution in [3.05, 3.63) is 71.8 Å². The summed E-state index contributed by atoms with van der Waals surface area (Å²) in [6, 6.07) is 18.3. The van der Waals surface area contributed by atoms with Crippen LogP contribution in [-0.4, -0.2) is 71.3 Å². The molecule has 2 aromatic carbocycles. The smallest absolute Gasteiger partial charge is 0.308 e. The number of nitrogens with zero attached hydrogens (tertiary/aromatic N) is 3. The molecule has 1 unspecified atom stereocenters. The Bertz CT molecular complexity index is 1190. The number of rotatable bonds is 13. The van der Waals surface area contributed by atoms with Gasteiger partial charge in [-0.3, -0.25) is 24.6 Å². The van der Waals surface area contributed by atoms with Crippen LogP contribution in [-0.2, 0) is 32.2 Å². The van der Waals surface area contributed by atoms with Crippen LogP contribution in [0.5, 0.6) is 0 Å². The van der Waals surface area contributed by atoms with Gasteiger partial charge >= 0.3 is 6.03 Å². The molecule has 3 atom stereocenters. The molecule has 0 aromatic heterocycles. The minimum absolute atomic E-state index is 0.0883. The topological polar surface area (TPSA) is 111 Å². The fraction of sp³-hybridized carbons (Fsp3) is 0.484. The Morgan fingerprint density at radius 3 is 2.24 bits per heavy atom. The van der Waals surface area contributed by atoms with Crippen molar-refractivity contribution in [3.63, 3.8) is 0 Å². The second-order valence-corrected chi connectivity index (χ2v) is 11.4. The van der Waals surface area contributed by atoms with Crippen LogP contribution >= 0.6 is 0 Å². The standard InChI is InChI=1S/C31H41N5O5/c1-22(2)19-26(28(37)32-36-30(39)27-20-34(3)17-18-35(27)31(36)40)25(16-10-15-23-11-6-4-7-12-23)29(38)33-41-21-24-13-8-5-9-14-24/h4-9,11-14,22,25-27H,10,15-21H2,1-3H3,(H,32,37)(H,33,38)/t25-,26+,27?/m0/s1. The van der Waals surface area contributed by atoms with Crippen LogP contribution in [0.3, 0.4) is 0 Å². The number of piperazine rings is 1. The molecule has 2 fully saturated rings. The van der Waals surface area contributed by atoms with E-state index >= 15 is 0 Å². The summed E-state index contributed by atoms with van der Waals surface area (Å²) in [6.07, 6.45) is 2.26. The van der Waals surface area contributed by atoms with Gasteiger partial charge in [0.1, 0.15) is 6.04 Å². The van der Waals surface area contributed by atoms with E-state index in [0.717, 1.165) is 22.6 Å². The van der Waals surface area contributed by atoms with Crippen LogP contribution in [0, 0.1) is 17.8 Å². The molecule has 41 heavy (non-hydrogen) atoms. The monoisotopic (exact) mass is 563 g/mol. The molecular weight excluding hydrogens is 522 g/mol. The molecule has 10 nitrogen and oxygen atoms in total. The molecule has 0 saturated carbocycles. The number of hydrogen-bond acceptors (Lipinski definition) is 6. The van der Waals surface area contributed by atoms with E-state index < -0.39 is 41.6 Å². The molecule has 220 valence electrons. The maximum Gasteiger partial charge on any atom is 0.346 e. The van der Waals surface area contributed by atoms with Gasteiger partial charge < -0.3 is 9.80 Å². The molecule has 10 heteroatoms. The van der Waals surface area contributed by atoms with Crippen LogP contribution in [0.15, 0.2) is 60.7 Å². The zero-order valence-electron chi connectivity index (χ0n) is 24.1. The predicted octanol–water partition coefficient (Wildman–Crippen LogP) is 3.15. The van der Waals surface area contributed by atoms with E-state index in [9.17, 15) is 19.2 Å². The SMILES string of the molecule is CC(C)C[C@@H](C(=O)NN1C(=O)C2CN(C)CCN2C1=O)[C@H](CCCc1ccccc1)C(=O)NOCc1ccccc1. The maximum atomic E-state index is 13.8. The van der Waals surface area contributed by atoms with Crippen molar-refractivity contribution in [2.75, 3.05) is 26.7 Å². The van der Waals surface area contributed by atoms with Gasteiger partial charge in [-0.15, -0.1) is 0 Å². The lowest BCUT2D eigenvalue weighted by atomic mass is 9.81. The number of urea groups is 1. The first-order chi connectivity index (χ1) is 19.7. The van der Waals surface area contributed by atoms with Gasteiger partial charge in [0.25, 0.3) is 5.91 Å². The molecule has 2 heterocycles. The molecule has 0 spiro atoms. The lowest BCUT2D eigenvalue weighted by Gasteiger charge is -2.32. The predicted molar refractivity (Wildman–Crippen MR) is 154 cm³/mol. The minimum Gasteiger partial charge on any atom is -0.308 e. The molecule has 2 aromatic rings. The van der Waals surface area contributed by atoms with Gasteiger partial charge in [0.2, 0.25) is 11.8 Å². The lowest BCUT2D eigenvalue weighted by Crippen LogP contribution is -2.52. The number of carbonyl (C=O) groups excluding carboxylic acids is 4. The Kier molecular flexibility index (Phi) is 10.5.